The molecule has 0 saturated heterocycles. The molecule has 7 nitrogen and oxygen atoms in total. The summed E-state index contributed by atoms with van der Waals surface area (Å²) in [5.74, 6) is -0.152. The summed E-state index contributed by atoms with van der Waals surface area (Å²) in [4.78, 5) is 3.88. The fraction of sp³-hybridized carbons (Fsp3) is 0.444. The van der Waals surface area contributed by atoms with Gasteiger partial charge in [0.2, 0.25) is 0 Å². The molecule has 0 radical (unpaired) electrons. The Hall–Kier alpha value is -2.33. The van der Waals surface area contributed by atoms with E-state index in [0.29, 0.717) is 11.8 Å². The van der Waals surface area contributed by atoms with Crippen LogP contribution in [0.1, 0.15) is 37.2 Å². The summed E-state index contributed by atoms with van der Waals surface area (Å²) < 4.78 is 31.4. The number of aromatic nitrogens is 6. The first kappa shape index (κ1) is 19.0. The van der Waals surface area contributed by atoms with Crippen molar-refractivity contribution in [1.82, 2.24) is 29.5 Å². The highest BCUT2D eigenvalue weighted by atomic mass is 32.2. The molecule has 28 heavy (non-hydrogen) atoms. The molecule has 1 aromatic carbocycles. The molecule has 2 aromatic heterocycles. The van der Waals surface area contributed by atoms with E-state index in [1.165, 1.54) is 35.2 Å². The van der Waals surface area contributed by atoms with Crippen LogP contribution in [-0.4, -0.2) is 39.9 Å². The molecule has 0 aliphatic heterocycles. The summed E-state index contributed by atoms with van der Waals surface area (Å²) in [6, 6.07) is 3.66. The average Bonchev–Trinajstić information content (AvgIpc) is 3.17. The minimum atomic E-state index is -1.62. The summed E-state index contributed by atoms with van der Waals surface area (Å²) in [6.45, 7) is 1.79. The van der Waals surface area contributed by atoms with E-state index in [0.717, 1.165) is 30.8 Å². The van der Waals surface area contributed by atoms with Gasteiger partial charge in [0.25, 0.3) is 0 Å². The van der Waals surface area contributed by atoms with Gasteiger partial charge in [0, 0.05) is 22.9 Å². The Kier molecular flexibility index (Phi) is 5.15. The fourth-order valence-electron chi connectivity index (χ4n) is 3.20. The van der Waals surface area contributed by atoms with E-state index in [-0.39, 0.29) is 12.1 Å². The lowest BCUT2D eigenvalue weighted by molar-refractivity contribution is 0.0133. The second-order valence-corrected chi connectivity index (χ2v) is 8.31. The van der Waals surface area contributed by atoms with Gasteiger partial charge in [-0.1, -0.05) is 13.0 Å². The topological polar surface area (TPSA) is 81.6 Å². The Balaban J connectivity index is 1.59. The van der Waals surface area contributed by atoms with E-state index >= 15 is 0 Å². The first-order valence-electron chi connectivity index (χ1n) is 8.97. The standard InChI is InChI=1S/C18H20F2N6OS/c1-12(28-7-17-24-22-11-26(17)14-3-4-14)18(27,8-25-10-21-9-23-25)15-5-2-13(19)6-16(15)20/h2,5-6,9-12,14,27H,3-4,7-8H2,1H3/t12-,18-/m1/s1. The number of thioether (sulfide) groups is 1. The highest BCUT2D eigenvalue weighted by molar-refractivity contribution is 7.99. The van der Waals surface area contributed by atoms with Gasteiger partial charge in [-0.05, 0) is 18.9 Å². The van der Waals surface area contributed by atoms with Gasteiger partial charge < -0.3 is 9.67 Å². The smallest absolute Gasteiger partial charge is 0.143 e. The monoisotopic (exact) mass is 406 g/mol. The van der Waals surface area contributed by atoms with Gasteiger partial charge in [-0.2, -0.15) is 5.10 Å². The largest absolute Gasteiger partial charge is 0.382 e. The third-order valence-electron chi connectivity index (χ3n) is 4.99. The molecule has 0 unspecified atom stereocenters. The number of halogens is 2. The van der Waals surface area contributed by atoms with Crippen molar-refractivity contribution in [3.05, 3.63) is 60.2 Å². The van der Waals surface area contributed by atoms with Crippen LogP contribution in [0.4, 0.5) is 8.78 Å². The number of nitrogens with zero attached hydrogens (tertiary/aromatic N) is 6. The maximum atomic E-state index is 14.5. The van der Waals surface area contributed by atoms with Crippen LogP contribution in [0.15, 0.2) is 37.2 Å². The first-order chi connectivity index (χ1) is 13.5. The molecule has 0 amide bonds. The number of hydrogen-bond donors (Lipinski definition) is 1. The number of aliphatic hydroxyl groups is 1. The van der Waals surface area contributed by atoms with Gasteiger partial charge in [-0.15, -0.1) is 22.0 Å². The molecule has 0 spiro atoms. The Bertz CT molecular complexity index is 945. The highest BCUT2D eigenvalue weighted by Gasteiger charge is 2.40. The molecule has 1 saturated carbocycles. The summed E-state index contributed by atoms with van der Waals surface area (Å²) in [6.07, 6.45) is 6.74. The Morgan fingerprint density at radius 2 is 2.14 bits per heavy atom. The third kappa shape index (κ3) is 3.79. The molecular formula is C18H20F2N6OS. The second kappa shape index (κ2) is 7.59. The van der Waals surface area contributed by atoms with Gasteiger partial charge in [0.05, 0.1) is 12.3 Å². The lowest BCUT2D eigenvalue weighted by atomic mass is 9.90. The number of rotatable bonds is 8. The predicted octanol–water partition coefficient (Wildman–Crippen LogP) is 2.69. The minimum absolute atomic E-state index is 0.0148. The molecule has 1 aliphatic carbocycles. The maximum Gasteiger partial charge on any atom is 0.143 e. The molecule has 148 valence electrons. The summed E-state index contributed by atoms with van der Waals surface area (Å²) in [5, 5.41) is 23.2. The molecule has 10 heteroatoms. The van der Waals surface area contributed by atoms with Crippen LogP contribution in [0.2, 0.25) is 0 Å². The van der Waals surface area contributed by atoms with E-state index in [9.17, 15) is 13.9 Å². The van der Waals surface area contributed by atoms with Gasteiger partial charge in [-0.3, -0.25) is 0 Å². The van der Waals surface area contributed by atoms with Crippen LogP contribution >= 0.6 is 11.8 Å². The zero-order valence-corrected chi connectivity index (χ0v) is 16.1. The number of benzene rings is 1. The van der Waals surface area contributed by atoms with Crippen LogP contribution in [0.25, 0.3) is 0 Å². The zero-order chi connectivity index (χ0) is 19.7. The van der Waals surface area contributed by atoms with Crippen molar-refractivity contribution in [2.75, 3.05) is 0 Å². The minimum Gasteiger partial charge on any atom is -0.382 e. The van der Waals surface area contributed by atoms with Crippen LogP contribution in [-0.2, 0) is 17.9 Å². The third-order valence-corrected chi connectivity index (χ3v) is 6.30. The van der Waals surface area contributed by atoms with E-state index in [4.69, 9.17) is 0 Å². The van der Waals surface area contributed by atoms with E-state index in [1.807, 2.05) is 6.92 Å². The van der Waals surface area contributed by atoms with E-state index < -0.39 is 22.5 Å². The molecule has 4 rings (SSSR count). The molecule has 3 aromatic rings. The molecule has 1 N–H and O–H groups in total. The lowest BCUT2D eigenvalue weighted by Crippen LogP contribution is -2.41. The van der Waals surface area contributed by atoms with Crippen molar-refractivity contribution < 1.29 is 13.9 Å². The van der Waals surface area contributed by atoms with Gasteiger partial charge >= 0.3 is 0 Å². The van der Waals surface area contributed by atoms with Gasteiger partial charge in [-0.25, -0.2) is 18.4 Å². The van der Waals surface area contributed by atoms with E-state index in [2.05, 4.69) is 24.8 Å². The van der Waals surface area contributed by atoms with Crippen LogP contribution < -0.4 is 0 Å². The Labute approximate surface area is 164 Å². The van der Waals surface area contributed by atoms with Crippen molar-refractivity contribution in [1.29, 1.82) is 0 Å². The lowest BCUT2D eigenvalue weighted by Gasteiger charge is -2.34. The fourth-order valence-corrected chi connectivity index (χ4v) is 4.28. The van der Waals surface area contributed by atoms with Gasteiger partial charge in [0.1, 0.15) is 42.0 Å². The van der Waals surface area contributed by atoms with Crippen molar-refractivity contribution in [3.8, 4) is 0 Å². The molecule has 2 heterocycles. The maximum absolute atomic E-state index is 14.5. The molecule has 1 aliphatic rings. The second-order valence-electron chi connectivity index (χ2n) is 6.98. The molecule has 0 bridgehead atoms. The van der Waals surface area contributed by atoms with Crippen LogP contribution in [0, 0.1) is 11.6 Å². The van der Waals surface area contributed by atoms with Crippen molar-refractivity contribution in [2.24, 2.45) is 0 Å². The zero-order valence-electron chi connectivity index (χ0n) is 15.2. The summed E-state index contributed by atoms with van der Waals surface area (Å²) >= 11 is 1.43. The summed E-state index contributed by atoms with van der Waals surface area (Å²) in [7, 11) is 0. The Morgan fingerprint density at radius 1 is 1.32 bits per heavy atom. The van der Waals surface area contributed by atoms with Crippen molar-refractivity contribution in [3.63, 3.8) is 0 Å². The molecule has 1 fully saturated rings. The molecule has 2 atom stereocenters. The SMILES string of the molecule is C[C@@H](SCc1nncn1C1CC1)[C@](O)(Cn1cncn1)c1ccc(F)cc1F. The summed E-state index contributed by atoms with van der Waals surface area (Å²) in [5.41, 5.74) is -1.60. The van der Waals surface area contributed by atoms with Gasteiger partial charge in [0.15, 0.2) is 0 Å². The quantitative estimate of drug-likeness (QED) is 0.619. The molecular weight excluding hydrogens is 386 g/mol. The van der Waals surface area contributed by atoms with Crippen molar-refractivity contribution >= 4 is 11.8 Å². The first-order valence-corrected chi connectivity index (χ1v) is 10.0. The predicted molar refractivity (Wildman–Crippen MR) is 99.3 cm³/mol. The Morgan fingerprint density at radius 3 is 2.82 bits per heavy atom. The van der Waals surface area contributed by atoms with E-state index in [1.54, 1.807) is 6.33 Å². The van der Waals surface area contributed by atoms with Crippen molar-refractivity contribution in [2.45, 2.75) is 49.0 Å². The number of hydrogen-bond acceptors (Lipinski definition) is 6. The van der Waals surface area contributed by atoms with Crippen LogP contribution in [0.5, 0.6) is 0 Å². The average molecular weight is 406 g/mol. The van der Waals surface area contributed by atoms with Crippen LogP contribution in [0.3, 0.4) is 0 Å². The highest BCUT2D eigenvalue weighted by Crippen LogP contribution is 2.39. The normalized spacial score (nSPS) is 17.4.